The Bertz CT molecular complexity index is 653. The smallest absolute Gasteiger partial charge is 0.411 e. The molecule has 2 aliphatic heterocycles. The molecule has 2 aromatic rings. The van der Waals surface area contributed by atoms with Gasteiger partial charge in [-0.15, -0.1) is 0 Å². The molecule has 0 unspecified atom stereocenters. The molecule has 0 bridgehead atoms. The van der Waals surface area contributed by atoms with Crippen molar-refractivity contribution in [2.75, 3.05) is 26.2 Å². The summed E-state index contributed by atoms with van der Waals surface area (Å²) in [5.74, 6) is 0. The average Bonchev–Trinajstić information content (AvgIpc) is 3.45. The van der Waals surface area contributed by atoms with Crippen LogP contribution in [0.1, 0.15) is 36.8 Å². The monoisotopic (exact) mass is 594 g/mol. The van der Waals surface area contributed by atoms with E-state index in [9.17, 15) is 0 Å². The zero-order valence-corrected chi connectivity index (χ0v) is 24.4. The Morgan fingerprint density at radius 2 is 1.06 bits per heavy atom. The van der Waals surface area contributed by atoms with Crippen molar-refractivity contribution in [3.8, 4) is 0 Å². The Balaban J connectivity index is 0.000000384. The predicted molar refractivity (Wildman–Crippen MR) is 147 cm³/mol. The summed E-state index contributed by atoms with van der Waals surface area (Å²) in [6.07, 6.45) is 5.04. The van der Waals surface area contributed by atoms with Crippen LogP contribution in [0, 0.1) is 26.0 Å². The molecular weight excluding hydrogens is 563 g/mol. The molecule has 31 heavy (non-hydrogen) atoms. The number of hydrogen-bond acceptors (Lipinski definition) is 4. The zero-order chi connectivity index (χ0) is 22.2. The van der Waals surface area contributed by atoms with Gasteiger partial charge in [-0.2, -0.15) is 71.8 Å². The second kappa shape index (κ2) is 19.0. The molecule has 0 amide bonds. The van der Waals surface area contributed by atoms with Crippen molar-refractivity contribution in [2.45, 2.75) is 39.5 Å². The van der Waals surface area contributed by atoms with Crippen LogP contribution in [-0.4, -0.2) is 68.5 Å². The Labute approximate surface area is 227 Å². The first-order valence-corrected chi connectivity index (χ1v) is 11.8. The molecular formula is C24H30N2S4Sn. The second-order valence-corrected chi connectivity index (χ2v) is 9.15. The largest absolute Gasteiger partial charge is 4.00 e. The van der Waals surface area contributed by atoms with Crippen LogP contribution in [0.15, 0.2) is 48.5 Å². The molecule has 0 saturated carbocycles. The maximum Gasteiger partial charge on any atom is 4.00 e. The van der Waals surface area contributed by atoms with Crippen LogP contribution in [-0.2, 0) is 25.3 Å². The molecule has 164 valence electrons. The van der Waals surface area contributed by atoms with E-state index in [2.05, 4.69) is 47.9 Å². The third-order valence-corrected chi connectivity index (χ3v) is 5.49. The summed E-state index contributed by atoms with van der Waals surface area (Å²) in [7, 11) is 0. The van der Waals surface area contributed by atoms with Gasteiger partial charge in [0, 0.05) is 26.2 Å². The van der Waals surface area contributed by atoms with Gasteiger partial charge in [0.25, 0.3) is 0 Å². The molecule has 0 aliphatic carbocycles. The number of hydrogen-bond donors (Lipinski definition) is 0. The number of aryl methyl sites for hydroxylation is 2. The van der Waals surface area contributed by atoms with E-state index in [1.807, 2.05) is 36.4 Å². The van der Waals surface area contributed by atoms with Crippen molar-refractivity contribution in [3.05, 3.63) is 71.8 Å². The fraction of sp³-hybridized carbons (Fsp3) is 0.417. The van der Waals surface area contributed by atoms with Crippen molar-refractivity contribution in [3.63, 3.8) is 0 Å². The van der Waals surface area contributed by atoms with E-state index in [1.165, 1.54) is 36.8 Å². The van der Waals surface area contributed by atoms with Gasteiger partial charge in [0.2, 0.25) is 0 Å². The minimum atomic E-state index is 0. The molecule has 2 saturated heterocycles. The minimum Gasteiger partial charge on any atom is -0.411 e. The summed E-state index contributed by atoms with van der Waals surface area (Å²) in [5, 5.41) is 0. The van der Waals surface area contributed by atoms with E-state index in [-0.39, 0.29) is 23.9 Å². The van der Waals surface area contributed by atoms with E-state index in [4.69, 9.17) is 49.7 Å². The fourth-order valence-corrected chi connectivity index (χ4v) is 3.50. The van der Waals surface area contributed by atoms with Gasteiger partial charge in [0.15, 0.2) is 0 Å². The van der Waals surface area contributed by atoms with Crippen LogP contribution < -0.4 is 0 Å². The summed E-state index contributed by atoms with van der Waals surface area (Å²) in [4.78, 5) is 4.15. The molecule has 7 heteroatoms. The van der Waals surface area contributed by atoms with Crippen molar-refractivity contribution in [1.29, 1.82) is 0 Å². The van der Waals surface area contributed by atoms with E-state index in [0.29, 0.717) is 8.64 Å². The molecule has 0 radical (unpaired) electrons. The topological polar surface area (TPSA) is 6.48 Å². The van der Waals surface area contributed by atoms with Crippen LogP contribution in [0.3, 0.4) is 0 Å². The first kappa shape index (κ1) is 30.5. The maximum absolute atomic E-state index is 4.80. The second-order valence-electron chi connectivity index (χ2n) is 7.08. The molecule has 2 aromatic carbocycles. The summed E-state index contributed by atoms with van der Waals surface area (Å²) in [6, 6.07) is 21.7. The van der Waals surface area contributed by atoms with Crippen LogP contribution in [0.2, 0.25) is 0 Å². The van der Waals surface area contributed by atoms with Gasteiger partial charge in [-0.25, -0.2) is 0 Å². The first-order chi connectivity index (χ1) is 14.4. The Hall–Kier alpha value is -0.541. The number of thiocarbonyl (C=S) groups is 2. The third kappa shape index (κ3) is 15.8. The summed E-state index contributed by atoms with van der Waals surface area (Å²) in [6.45, 7) is 8.45. The van der Waals surface area contributed by atoms with Crippen molar-refractivity contribution in [1.82, 2.24) is 9.80 Å². The van der Waals surface area contributed by atoms with E-state index >= 15 is 0 Å². The standard InChI is InChI=1S/2C7H7.2C5H9NS2.Sn/c2*1-7-5-3-2-4-6-7;2*7-5(8)6-3-1-2-4-6;/h2*2-3,5-6H,1H3;2*1-4H2,(H,7,8);/q2*-1;;;+4/p-2. The van der Waals surface area contributed by atoms with Gasteiger partial charge in [-0.1, -0.05) is 22.5 Å². The molecule has 0 spiro atoms. The van der Waals surface area contributed by atoms with Crippen LogP contribution >= 0.6 is 24.4 Å². The number of rotatable bonds is 0. The number of nitrogens with zero attached hydrogens (tertiary/aromatic N) is 2. The Morgan fingerprint density at radius 3 is 1.19 bits per heavy atom. The number of likely N-dealkylation sites (tertiary alicyclic amines) is 2. The predicted octanol–water partition coefficient (Wildman–Crippen LogP) is 5.04. The van der Waals surface area contributed by atoms with Crippen molar-refractivity contribution >= 4 is 82.2 Å². The van der Waals surface area contributed by atoms with Gasteiger partial charge in [-0.05, 0) is 25.7 Å². The Morgan fingerprint density at radius 1 is 0.742 bits per heavy atom. The zero-order valence-electron chi connectivity index (χ0n) is 18.3. The first-order valence-electron chi connectivity index (χ1n) is 10.2. The van der Waals surface area contributed by atoms with E-state index in [0.717, 1.165) is 26.2 Å². The molecule has 2 heterocycles. The molecule has 0 atom stereocenters. The molecule has 0 N–H and O–H groups in total. The maximum atomic E-state index is 4.80. The quantitative estimate of drug-likeness (QED) is 0.182. The fourth-order valence-electron chi connectivity index (χ4n) is 2.77. The summed E-state index contributed by atoms with van der Waals surface area (Å²) < 4.78 is 1.28. The van der Waals surface area contributed by atoms with Crippen molar-refractivity contribution in [2.24, 2.45) is 0 Å². The van der Waals surface area contributed by atoms with Gasteiger partial charge < -0.3 is 59.5 Å². The Kier molecular flexibility index (Phi) is 18.6. The van der Waals surface area contributed by atoms with Crippen molar-refractivity contribution < 1.29 is 0 Å². The average molecular weight is 593 g/mol. The van der Waals surface area contributed by atoms with Crippen LogP contribution in [0.5, 0.6) is 0 Å². The van der Waals surface area contributed by atoms with E-state index < -0.39 is 0 Å². The molecule has 2 fully saturated rings. The SMILES string of the molecule is Cc1c[c-]ccc1.Cc1c[c-]ccc1.S=C([S-])N1CCCC1.S=C([S-])N1CCCC1.[Sn+4]. The third-order valence-electron chi connectivity index (χ3n) is 4.45. The van der Waals surface area contributed by atoms with Crippen LogP contribution in [0.4, 0.5) is 0 Å². The molecule has 2 nitrogen and oxygen atoms in total. The number of benzene rings is 2. The summed E-state index contributed by atoms with van der Waals surface area (Å²) in [5.41, 5.74) is 2.53. The molecule has 0 aromatic heterocycles. The van der Waals surface area contributed by atoms with Gasteiger partial charge in [-0.3, -0.25) is 0 Å². The van der Waals surface area contributed by atoms with Gasteiger partial charge in [0.05, 0.1) is 0 Å². The van der Waals surface area contributed by atoms with Gasteiger partial charge >= 0.3 is 23.9 Å². The normalized spacial score (nSPS) is 13.9. The molecule has 2 aliphatic rings. The minimum absolute atomic E-state index is 0. The molecule has 4 rings (SSSR count). The van der Waals surface area contributed by atoms with Gasteiger partial charge in [0.1, 0.15) is 0 Å². The van der Waals surface area contributed by atoms with Crippen LogP contribution in [0.25, 0.3) is 0 Å². The summed E-state index contributed by atoms with van der Waals surface area (Å²) >= 11 is 19.2. The van der Waals surface area contributed by atoms with E-state index in [1.54, 1.807) is 0 Å².